The molecular formula is C26H28N4O3. The Morgan fingerprint density at radius 1 is 1.00 bits per heavy atom. The van der Waals surface area contributed by atoms with Crippen molar-refractivity contribution in [1.29, 1.82) is 0 Å². The van der Waals surface area contributed by atoms with Crippen molar-refractivity contribution < 1.29 is 14.3 Å². The Kier molecular flexibility index (Phi) is 7.34. The third kappa shape index (κ3) is 5.77. The molecule has 3 aromatic carbocycles. The molecule has 0 fully saturated rings. The lowest BCUT2D eigenvalue weighted by atomic mass is 10.1. The molecule has 0 saturated heterocycles. The lowest BCUT2D eigenvalue weighted by Crippen LogP contribution is -2.37. The van der Waals surface area contributed by atoms with Gasteiger partial charge in [0.15, 0.2) is 0 Å². The maximum Gasteiger partial charge on any atom is 0.252 e. The first kappa shape index (κ1) is 22.5. The van der Waals surface area contributed by atoms with Gasteiger partial charge < -0.3 is 14.8 Å². The van der Waals surface area contributed by atoms with Crippen LogP contribution in [-0.4, -0.2) is 48.3 Å². The lowest BCUT2D eigenvalue weighted by Gasteiger charge is -2.24. The summed E-state index contributed by atoms with van der Waals surface area (Å²) in [6.07, 6.45) is -0.360. The van der Waals surface area contributed by atoms with Gasteiger partial charge in [-0.3, -0.25) is 14.8 Å². The first-order valence-electron chi connectivity index (χ1n) is 10.9. The summed E-state index contributed by atoms with van der Waals surface area (Å²) in [6, 6.07) is 25.0. The number of H-pyrrole nitrogens is 1. The van der Waals surface area contributed by atoms with E-state index < -0.39 is 0 Å². The number of hydrogen-bond acceptors (Lipinski definition) is 5. The van der Waals surface area contributed by atoms with E-state index in [1.807, 2.05) is 85.7 Å². The number of hydrogen-bond donors (Lipinski definition) is 2. The van der Waals surface area contributed by atoms with Crippen molar-refractivity contribution >= 4 is 16.8 Å². The van der Waals surface area contributed by atoms with E-state index in [0.717, 1.165) is 27.9 Å². The number of aromatic amines is 1. The van der Waals surface area contributed by atoms with Gasteiger partial charge in [-0.25, -0.2) is 0 Å². The Balaban J connectivity index is 1.38. The summed E-state index contributed by atoms with van der Waals surface area (Å²) in [5.41, 5.74) is 3.33. The number of aromatic nitrogens is 2. The average Bonchev–Trinajstić information content (AvgIpc) is 3.26. The van der Waals surface area contributed by atoms with Gasteiger partial charge in [0.05, 0.1) is 24.4 Å². The van der Waals surface area contributed by atoms with Crippen molar-refractivity contribution in [2.75, 3.05) is 27.3 Å². The van der Waals surface area contributed by atoms with E-state index in [2.05, 4.69) is 15.5 Å². The molecule has 0 aliphatic heterocycles. The third-order valence-corrected chi connectivity index (χ3v) is 5.26. The number of nitrogens with zero attached hydrogens (tertiary/aromatic N) is 2. The zero-order valence-electron chi connectivity index (χ0n) is 18.8. The van der Waals surface area contributed by atoms with Gasteiger partial charge in [0.2, 0.25) is 0 Å². The fourth-order valence-electron chi connectivity index (χ4n) is 3.55. The highest BCUT2D eigenvalue weighted by atomic mass is 16.5. The molecule has 2 N–H and O–H groups in total. The van der Waals surface area contributed by atoms with E-state index in [-0.39, 0.29) is 12.1 Å². The van der Waals surface area contributed by atoms with Crippen LogP contribution in [0, 0.1) is 0 Å². The second-order valence-electron chi connectivity index (χ2n) is 7.91. The van der Waals surface area contributed by atoms with E-state index in [0.29, 0.717) is 25.4 Å². The average molecular weight is 445 g/mol. The largest absolute Gasteiger partial charge is 0.491 e. The maximum atomic E-state index is 12.7. The molecule has 4 aromatic rings. The zero-order valence-corrected chi connectivity index (χ0v) is 18.8. The third-order valence-electron chi connectivity index (χ3n) is 5.26. The minimum Gasteiger partial charge on any atom is -0.491 e. The van der Waals surface area contributed by atoms with Gasteiger partial charge in [-0.1, -0.05) is 48.5 Å². The van der Waals surface area contributed by atoms with Crippen LogP contribution in [0.25, 0.3) is 10.9 Å². The predicted octanol–water partition coefficient (Wildman–Crippen LogP) is 4.15. The summed E-state index contributed by atoms with van der Waals surface area (Å²) >= 11 is 0. The number of carbonyl (C=O) groups excluding carboxylic acids is 1. The summed E-state index contributed by atoms with van der Waals surface area (Å²) < 4.78 is 11.5. The van der Waals surface area contributed by atoms with Crippen LogP contribution in [-0.2, 0) is 11.3 Å². The second kappa shape index (κ2) is 10.8. The van der Waals surface area contributed by atoms with Crippen LogP contribution in [0.2, 0.25) is 0 Å². The smallest absolute Gasteiger partial charge is 0.252 e. The van der Waals surface area contributed by atoms with Gasteiger partial charge in [0.25, 0.3) is 5.91 Å². The van der Waals surface area contributed by atoms with E-state index in [9.17, 15) is 4.79 Å². The molecule has 0 aliphatic rings. The number of ether oxygens (including phenoxy) is 2. The molecule has 0 aliphatic carbocycles. The zero-order chi connectivity index (χ0) is 23.0. The van der Waals surface area contributed by atoms with Gasteiger partial charge >= 0.3 is 0 Å². The summed E-state index contributed by atoms with van der Waals surface area (Å²) in [5.74, 6) is 0.575. The van der Waals surface area contributed by atoms with Crippen molar-refractivity contribution in [2.45, 2.75) is 12.8 Å². The second-order valence-corrected chi connectivity index (χ2v) is 7.91. The van der Waals surface area contributed by atoms with Crippen LogP contribution in [0.4, 0.5) is 0 Å². The molecule has 7 heteroatoms. The molecule has 1 aromatic heterocycles. The minimum absolute atomic E-state index is 0.146. The Bertz CT molecular complexity index is 1180. The molecule has 1 unspecified atom stereocenters. The molecule has 4 rings (SSSR count). The molecule has 0 saturated carbocycles. The van der Waals surface area contributed by atoms with E-state index in [1.165, 1.54) is 0 Å². The van der Waals surface area contributed by atoms with Crippen molar-refractivity contribution in [3.63, 3.8) is 0 Å². The highest BCUT2D eigenvalue weighted by molar-refractivity contribution is 5.94. The van der Waals surface area contributed by atoms with Crippen LogP contribution >= 0.6 is 0 Å². The van der Waals surface area contributed by atoms with Crippen molar-refractivity contribution in [2.24, 2.45) is 0 Å². The minimum atomic E-state index is -0.360. The van der Waals surface area contributed by atoms with Gasteiger partial charge in [-0.2, -0.15) is 5.10 Å². The summed E-state index contributed by atoms with van der Waals surface area (Å²) in [4.78, 5) is 14.6. The van der Waals surface area contributed by atoms with Crippen LogP contribution in [0.5, 0.6) is 5.75 Å². The normalized spacial score (nSPS) is 12.1. The Hall–Kier alpha value is -3.68. The molecule has 0 spiro atoms. The molecule has 0 bridgehead atoms. The quantitative estimate of drug-likeness (QED) is 0.284. The number of benzene rings is 3. The standard InChI is InChI=1S/C26H28N4O3/c1-30(2)25(27-26(31)20-11-7-4-8-12-20)24-22-14-13-21(17-23(22)28-29-24)33-16-15-32-18-19-9-5-3-6-10-19/h3-14,17,25H,15-16,18H2,1-2H3,(H,27,31)(H,28,29). The topological polar surface area (TPSA) is 79.5 Å². The van der Waals surface area contributed by atoms with E-state index in [4.69, 9.17) is 9.47 Å². The van der Waals surface area contributed by atoms with Crippen LogP contribution in [0.3, 0.4) is 0 Å². The highest BCUT2D eigenvalue weighted by Crippen LogP contribution is 2.26. The summed E-state index contributed by atoms with van der Waals surface area (Å²) in [5, 5.41) is 11.5. The molecule has 33 heavy (non-hydrogen) atoms. The fraction of sp³-hybridized carbons (Fsp3) is 0.231. The van der Waals surface area contributed by atoms with Gasteiger partial charge in [-0.15, -0.1) is 0 Å². The number of fused-ring (bicyclic) bond motifs is 1. The van der Waals surface area contributed by atoms with Crippen LogP contribution in [0.1, 0.15) is 27.8 Å². The number of nitrogens with one attached hydrogen (secondary N) is 2. The summed E-state index contributed by atoms with van der Waals surface area (Å²) in [6.45, 7) is 1.50. The van der Waals surface area contributed by atoms with Crippen molar-refractivity contribution in [3.05, 3.63) is 95.7 Å². The van der Waals surface area contributed by atoms with Crippen molar-refractivity contribution in [3.8, 4) is 5.75 Å². The predicted molar refractivity (Wildman–Crippen MR) is 128 cm³/mol. The summed E-state index contributed by atoms with van der Waals surface area (Å²) in [7, 11) is 3.82. The van der Waals surface area contributed by atoms with E-state index in [1.54, 1.807) is 12.1 Å². The van der Waals surface area contributed by atoms with Crippen LogP contribution < -0.4 is 10.1 Å². The Labute approximate surface area is 193 Å². The number of rotatable bonds is 10. The Morgan fingerprint density at radius 3 is 2.45 bits per heavy atom. The van der Waals surface area contributed by atoms with Crippen LogP contribution in [0.15, 0.2) is 78.9 Å². The molecular weight excluding hydrogens is 416 g/mol. The van der Waals surface area contributed by atoms with Gasteiger partial charge in [0, 0.05) is 17.0 Å². The fourth-order valence-corrected chi connectivity index (χ4v) is 3.55. The molecule has 7 nitrogen and oxygen atoms in total. The van der Waals surface area contributed by atoms with Gasteiger partial charge in [-0.05, 0) is 43.9 Å². The molecule has 1 heterocycles. The van der Waals surface area contributed by atoms with E-state index >= 15 is 0 Å². The molecule has 170 valence electrons. The molecule has 1 atom stereocenters. The van der Waals surface area contributed by atoms with Crippen molar-refractivity contribution in [1.82, 2.24) is 20.4 Å². The highest BCUT2D eigenvalue weighted by Gasteiger charge is 2.22. The first-order valence-corrected chi connectivity index (χ1v) is 10.9. The Morgan fingerprint density at radius 2 is 1.73 bits per heavy atom. The first-order chi connectivity index (χ1) is 16.1. The van der Waals surface area contributed by atoms with Gasteiger partial charge in [0.1, 0.15) is 18.5 Å². The lowest BCUT2D eigenvalue weighted by molar-refractivity contribution is 0.0888. The number of carbonyl (C=O) groups is 1. The monoisotopic (exact) mass is 444 g/mol. The SMILES string of the molecule is CN(C)C(NC(=O)c1ccccc1)c1[nH]nc2cc(OCCOCc3ccccc3)ccc12. The molecule has 0 radical (unpaired) electrons. The maximum absolute atomic E-state index is 12.7. The molecule has 1 amide bonds. The number of amides is 1.